The zero-order valence-electron chi connectivity index (χ0n) is 12.2. The summed E-state index contributed by atoms with van der Waals surface area (Å²) in [5, 5.41) is 0. The monoisotopic (exact) mass is 258 g/mol. The SMILES string of the molecule is COCCCN(C)C(=O)N1C[C@H](C)OCC1(C)C. The number of amides is 2. The molecule has 5 heteroatoms. The van der Waals surface area contributed by atoms with Crippen LogP contribution < -0.4 is 0 Å². The van der Waals surface area contributed by atoms with E-state index in [-0.39, 0.29) is 17.7 Å². The highest BCUT2D eigenvalue weighted by atomic mass is 16.5. The molecular formula is C13H26N2O3. The molecule has 1 atom stereocenters. The number of rotatable bonds is 4. The van der Waals surface area contributed by atoms with Crippen molar-refractivity contribution in [3.63, 3.8) is 0 Å². The number of ether oxygens (including phenoxy) is 2. The molecule has 0 unspecified atom stereocenters. The van der Waals surface area contributed by atoms with Crippen LogP contribution in [0.4, 0.5) is 4.79 Å². The zero-order valence-corrected chi connectivity index (χ0v) is 12.2. The van der Waals surface area contributed by atoms with E-state index < -0.39 is 0 Å². The third-order valence-electron chi connectivity index (χ3n) is 3.29. The van der Waals surface area contributed by atoms with Gasteiger partial charge in [0.1, 0.15) is 0 Å². The Morgan fingerprint density at radius 2 is 2.22 bits per heavy atom. The molecule has 18 heavy (non-hydrogen) atoms. The topological polar surface area (TPSA) is 42.0 Å². The second-order valence-electron chi connectivity index (χ2n) is 5.60. The molecule has 0 bridgehead atoms. The number of morpholine rings is 1. The molecule has 5 nitrogen and oxygen atoms in total. The minimum Gasteiger partial charge on any atom is -0.385 e. The molecule has 0 N–H and O–H groups in total. The van der Waals surface area contributed by atoms with Gasteiger partial charge in [0.05, 0.1) is 18.2 Å². The second-order valence-corrected chi connectivity index (χ2v) is 5.60. The number of urea groups is 1. The Kier molecular flexibility index (Phi) is 5.41. The minimum absolute atomic E-state index is 0.0752. The summed E-state index contributed by atoms with van der Waals surface area (Å²) in [5.41, 5.74) is -0.237. The average Bonchev–Trinajstić information content (AvgIpc) is 2.31. The molecule has 0 aliphatic carbocycles. The first-order chi connectivity index (χ1) is 8.38. The number of carbonyl (C=O) groups is 1. The quantitative estimate of drug-likeness (QED) is 0.719. The van der Waals surface area contributed by atoms with Crippen molar-refractivity contribution < 1.29 is 14.3 Å². The van der Waals surface area contributed by atoms with Crippen molar-refractivity contribution in [1.29, 1.82) is 0 Å². The molecule has 106 valence electrons. The number of hydrogen-bond donors (Lipinski definition) is 0. The third kappa shape index (κ3) is 3.85. The fourth-order valence-corrected chi connectivity index (χ4v) is 2.07. The first-order valence-corrected chi connectivity index (χ1v) is 6.52. The maximum absolute atomic E-state index is 12.4. The highest BCUT2D eigenvalue weighted by Gasteiger charge is 2.37. The van der Waals surface area contributed by atoms with Crippen molar-refractivity contribution in [2.45, 2.75) is 38.8 Å². The highest BCUT2D eigenvalue weighted by molar-refractivity contribution is 5.75. The summed E-state index contributed by atoms with van der Waals surface area (Å²) >= 11 is 0. The van der Waals surface area contributed by atoms with Crippen LogP contribution in [0.3, 0.4) is 0 Å². The summed E-state index contributed by atoms with van der Waals surface area (Å²) < 4.78 is 10.6. The Hall–Kier alpha value is -0.810. The van der Waals surface area contributed by atoms with Crippen molar-refractivity contribution in [2.75, 3.05) is 40.5 Å². The van der Waals surface area contributed by atoms with Crippen LogP contribution in [-0.2, 0) is 9.47 Å². The van der Waals surface area contributed by atoms with E-state index in [9.17, 15) is 4.79 Å². The predicted molar refractivity (Wildman–Crippen MR) is 70.7 cm³/mol. The van der Waals surface area contributed by atoms with Gasteiger partial charge in [0.25, 0.3) is 0 Å². The fourth-order valence-electron chi connectivity index (χ4n) is 2.07. The lowest BCUT2D eigenvalue weighted by Crippen LogP contribution is -2.60. The van der Waals surface area contributed by atoms with Crippen LogP contribution >= 0.6 is 0 Å². The molecule has 2 amide bonds. The van der Waals surface area contributed by atoms with Gasteiger partial charge in [-0.2, -0.15) is 0 Å². The Morgan fingerprint density at radius 3 is 2.83 bits per heavy atom. The van der Waals surface area contributed by atoms with Crippen LogP contribution in [0.15, 0.2) is 0 Å². The molecule has 1 heterocycles. The predicted octanol–water partition coefficient (Wildman–Crippen LogP) is 1.57. The lowest BCUT2D eigenvalue weighted by Gasteiger charge is -2.45. The lowest BCUT2D eigenvalue weighted by molar-refractivity contribution is -0.0750. The molecule has 1 fully saturated rings. The van der Waals surface area contributed by atoms with Gasteiger partial charge in [0, 0.05) is 33.9 Å². The van der Waals surface area contributed by atoms with Gasteiger partial charge in [-0.25, -0.2) is 4.79 Å². The average molecular weight is 258 g/mol. The van der Waals surface area contributed by atoms with Gasteiger partial charge in [-0.15, -0.1) is 0 Å². The summed E-state index contributed by atoms with van der Waals surface area (Å²) in [6.07, 6.45) is 0.966. The Bertz CT molecular complexity index is 281. The number of hydrogen-bond acceptors (Lipinski definition) is 3. The molecule has 1 rings (SSSR count). The summed E-state index contributed by atoms with van der Waals surface area (Å²) in [4.78, 5) is 16.1. The first-order valence-electron chi connectivity index (χ1n) is 6.52. The van der Waals surface area contributed by atoms with Gasteiger partial charge in [-0.05, 0) is 27.2 Å². The first kappa shape index (κ1) is 15.2. The van der Waals surface area contributed by atoms with Crippen LogP contribution in [0.2, 0.25) is 0 Å². The molecule has 0 spiro atoms. The summed E-state index contributed by atoms with van der Waals surface area (Å²) in [6.45, 7) is 8.72. The molecular weight excluding hydrogens is 232 g/mol. The van der Waals surface area contributed by atoms with Crippen molar-refractivity contribution in [3.05, 3.63) is 0 Å². The summed E-state index contributed by atoms with van der Waals surface area (Å²) in [7, 11) is 3.52. The minimum atomic E-state index is -0.237. The molecule has 1 aliphatic heterocycles. The van der Waals surface area contributed by atoms with Crippen LogP contribution in [0.25, 0.3) is 0 Å². The van der Waals surface area contributed by atoms with Gasteiger partial charge in [0.2, 0.25) is 0 Å². The van der Waals surface area contributed by atoms with Gasteiger partial charge in [0.15, 0.2) is 0 Å². The van der Waals surface area contributed by atoms with E-state index in [2.05, 4.69) is 0 Å². The highest BCUT2D eigenvalue weighted by Crippen LogP contribution is 2.23. The molecule has 0 saturated carbocycles. The van der Waals surface area contributed by atoms with Gasteiger partial charge in [-0.1, -0.05) is 0 Å². The maximum atomic E-state index is 12.4. The van der Waals surface area contributed by atoms with E-state index in [1.165, 1.54) is 0 Å². The van der Waals surface area contributed by atoms with E-state index in [0.717, 1.165) is 6.42 Å². The van der Waals surface area contributed by atoms with Crippen molar-refractivity contribution in [2.24, 2.45) is 0 Å². The molecule has 1 aliphatic rings. The Morgan fingerprint density at radius 1 is 1.56 bits per heavy atom. The molecule has 0 aromatic carbocycles. The van der Waals surface area contributed by atoms with E-state index in [1.807, 2.05) is 32.7 Å². The van der Waals surface area contributed by atoms with Crippen molar-refractivity contribution in [3.8, 4) is 0 Å². The molecule has 0 radical (unpaired) electrons. The van der Waals surface area contributed by atoms with E-state index in [4.69, 9.17) is 9.47 Å². The van der Waals surface area contributed by atoms with E-state index in [0.29, 0.717) is 26.3 Å². The number of methoxy groups -OCH3 is 1. The smallest absolute Gasteiger partial charge is 0.320 e. The van der Waals surface area contributed by atoms with Crippen LogP contribution in [0.1, 0.15) is 27.2 Å². The molecule has 0 aromatic heterocycles. The Balaban J connectivity index is 2.57. The van der Waals surface area contributed by atoms with Crippen molar-refractivity contribution >= 4 is 6.03 Å². The fraction of sp³-hybridized carbons (Fsp3) is 0.923. The van der Waals surface area contributed by atoms with Crippen molar-refractivity contribution in [1.82, 2.24) is 9.80 Å². The van der Waals surface area contributed by atoms with Crippen LogP contribution in [0, 0.1) is 0 Å². The summed E-state index contributed by atoms with van der Waals surface area (Å²) in [5.74, 6) is 0. The zero-order chi connectivity index (χ0) is 13.8. The van der Waals surface area contributed by atoms with Crippen LogP contribution in [0.5, 0.6) is 0 Å². The second kappa shape index (κ2) is 6.38. The van der Waals surface area contributed by atoms with Gasteiger partial charge < -0.3 is 19.3 Å². The maximum Gasteiger partial charge on any atom is 0.320 e. The normalized spacial score (nSPS) is 22.9. The number of nitrogens with zero attached hydrogens (tertiary/aromatic N) is 2. The largest absolute Gasteiger partial charge is 0.385 e. The van der Waals surface area contributed by atoms with Gasteiger partial charge >= 0.3 is 6.03 Å². The van der Waals surface area contributed by atoms with Crippen LogP contribution in [-0.4, -0.2) is 67.9 Å². The summed E-state index contributed by atoms with van der Waals surface area (Å²) in [6, 6.07) is 0.0752. The Labute approximate surface area is 110 Å². The molecule has 0 aromatic rings. The molecule has 1 saturated heterocycles. The van der Waals surface area contributed by atoms with E-state index in [1.54, 1.807) is 12.0 Å². The third-order valence-corrected chi connectivity index (χ3v) is 3.29. The lowest BCUT2D eigenvalue weighted by atomic mass is 10.0. The number of carbonyl (C=O) groups excluding carboxylic acids is 1. The van der Waals surface area contributed by atoms with Gasteiger partial charge in [-0.3, -0.25) is 0 Å². The standard InChI is InChI=1S/C13H26N2O3/c1-11-9-15(13(2,3)10-18-11)12(16)14(4)7-6-8-17-5/h11H,6-10H2,1-5H3/t11-/m0/s1. The van der Waals surface area contributed by atoms with E-state index >= 15 is 0 Å².